The minimum absolute atomic E-state index is 0.346. The first kappa shape index (κ1) is 9.65. The number of benzene rings is 1. The summed E-state index contributed by atoms with van der Waals surface area (Å²) in [6, 6.07) is 8.04. The van der Waals surface area contributed by atoms with E-state index in [0.29, 0.717) is 24.3 Å². The molecule has 0 unspecified atom stereocenters. The summed E-state index contributed by atoms with van der Waals surface area (Å²) in [6.07, 6.45) is 2.69. The van der Waals surface area contributed by atoms with E-state index < -0.39 is 0 Å². The van der Waals surface area contributed by atoms with Gasteiger partial charge in [0, 0.05) is 6.42 Å². The summed E-state index contributed by atoms with van der Waals surface area (Å²) in [6.45, 7) is 2.04. The number of aromatic nitrogens is 1. The Morgan fingerprint density at radius 2 is 2.20 bits per heavy atom. The molecule has 0 spiro atoms. The van der Waals surface area contributed by atoms with Crippen molar-refractivity contribution in [2.24, 2.45) is 0 Å². The Morgan fingerprint density at radius 1 is 1.40 bits per heavy atom. The van der Waals surface area contributed by atoms with Crippen molar-refractivity contribution in [1.29, 1.82) is 0 Å². The Hall–Kier alpha value is -1.90. The highest BCUT2D eigenvalue weighted by atomic mass is 16.3. The fraction of sp³-hybridized carbons (Fsp3) is 0.167. The van der Waals surface area contributed by atoms with E-state index in [1.54, 1.807) is 0 Å². The van der Waals surface area contributed by atoms with E-state index in [1.807, 2.05) is 31.2 Å². The van der Waals surface area contributed by atoms with Crippen molar-refractivity contribution in [3.8, 4) is 0 Å². The van der Waals surface area contributed by atoms with E-state index in [2.05, 4.69) is 4.98 Å². The van der Waals surface area contributed by atoms with Crippen LogP contribution in [0.3, 0.4) is 0 Å². The first-order chi connectivity index (χ1) is 7.29. The van der Waals surface area contributed by atoms with Gasteiger partial charge in [0.1, 0.15) is 12.0 Å². The summed E-state index contributed by atoms with van der Waals surface area (Å²) in [5, 5.41) is 0. The van der Waals surface area contributed by atoms with E-state index in [1.165, 1.54) is 11.8 Å². The number of carbonyl (C=O) groups is 1. The predicted octanol–water partition coefficient (Wildman–Crippen LogP) is 2.39. The molecule has 2 aromatic rings. The monoisotopic (exact) mass is 201 g/mol. The number of hydrogen-bond donors (Lipinski definition) is 0. The second-order valence-electron chi connectivity index (χ2n) is 3.39. The average Bonchev–Trinajstić information content (AvgIpc) is 2.69. The zero-order chi connectivity index (χ0) is 10.7. The third kappa shape index (κ3) is 2.13. The lowest BCUT2D eigenvalue weighted by molar-refractivity contribution is 0.111. The SMILES string of the molecule is Cc1ccccc1Cc1nc(C=O)co1. The highest BCUT2D eigenvalue weighted by molar-refractivity contribution is 5.70. The summed E-state index contributed by atoms with van der Waals surface area (Å²) in [7, 11) is 0. The topological polar surface area (TPSA) is 43.1 Å². The van der Waals surface area contributed by atoms with Gasteiger partial charge in [-0.1, -0.05) is 24.3 Å². The fourth-order valence-corrected chi connectivity index (χ4v) is 1.43. The average molecular weight is 201 g/mol. The van der Waals surface area contributed by atoms with Crippen LogP contribution in [0.25, 0.3) is 0 Å². The van der Waals surface area contributed by atoms with Crippen molar-refractivity contribution < 1.29 is 9.21 Å². The van der Waals surface area contributed by atoms with Crippen LogP contribution in [-0.2, 0) is 6.42 Å². The summed E-state index contributed by atoms with van der Waals surface area (Å²) in [4.78, 5) is 14.4. The van der Waals surface area contributed by atoms with Gasteiger partial charge in [-0.2, -0.15) is 0 Å². The standard InChI is InChI=1S/C12H11NO2/c1-9-4-2-3-5-10(9)6-12-13-11(7-14)8-15-12/h2-5,7-8H,6H2,1H3. The zero-order valence-corrected chi connectivity index (χ0v) is 8.43. The lowest BCUT2D eigenvalue weighted by atomic mass is 10.1. The summed E-state index contributed by atoms with van der Waals surface area (Å²) in [5.41, 5.74) is 2.71. The molecule has 0 aliphatic rings. The summed E-state index contributed by atoms with van der Waals surface area (Å²) >= 11 is 0. The maximum Gasteiger partial charge on any atom is 0.199 e. The second kappa shape index (κ2) is 4.09. The van der Waals surface area contributed by atoms with Crippen LogP contribution in [-0.4, -0.2) is 11.3 Å². The van der Waals surface area contributed by atoms with E-state index >= 15 is 0 Å². The first-order valence-electron chi connectivity index (χ1n) is 4.73. The Labute approximate surface area is 87.8 Å². The van der Waals surface area contributed by atoms with E-state index in [-0.39, 0.29) is 0 Å². The number of carbonyl (C=O) groups excluding carboxylic acids is 1. The molecule has 3 heteroatoms. The van der Waals surface area contributed by atoms with E-state index in [4.69, 9.17) is 4.42 Å². The van der Waals surface area contributed by atoms with Crippen molar-refractivity contribution in [3.63, 3.8) is 0 Å². The van der Waals surface area contributed by atoms with Crippen LogP contribution in [0.5, 0.6) is 0 Å². The normalized spacial score (nSPS) is 10.2. The first-order valence-corrected chi connectivity index (χ1v) is 4.73. The highest BCUT2D eigenvalue weighted by Crippen LogP contribution is 2.12. The van der Waals surface area contributed by atoms with Gasteiger partial charge in [-0.15, -0.1) is 0 Å². The van der Waals surface area contributed by atoms with E-state index in [9.17, 15) is 4.79 Å². The van der Waals surface area contributed by atoms with Gasteiger partial charge in [0.25, 0.3) is 0 Å². The van der Waals surface area contributed by atoms with Crippen LogP contribution >= 0.6 is 0 Å². The Kier molecular flexibility index (Phi) is 2.63. The Bertz CT molecular complexity index is 474. The molecule has 0 amide bonds. The molecule has 0 fully saturated rings. The predicted molar refractivity (Wildman–Crippen MR) is 55.9 cm³/mol. The van der Waals surface area contributed by atoms with E-state index in [0.717, 1.165) is 5.56 Å². The minimum atomic E-state index is 0.346. The molecule has 1 heterocycles. The van der Waals surface area contributed by atoms with Crippen molar-refractivity contribution in [2.75, 3.05) is 0 Å². The van der Waals surface area contributed by atoms with Gasteiger partial charge in [-0.05, 0) is 18.1 Å². The van der Waals surface area contributed by atoms with Crippen molar-refractivity contribution >= 4 is 6.29 Å². The Balaban J connectivity index is 2.22. The van der Waals surface area contributed by atoms with Crippen molar-refractivity contribution in [1.82, 2.24) is 4.98 Å². The summed E-state index contributed by atoms with van der Waals surface area (Å²) in [5.74, 6) is 0.575. The molecule has 15 heavy (non-hydrogen) atoms. The number of rotatable bonds is 3. The van der Waals surface area contributed by atoms with Gasteiger partial charge in [-0.25, -0.2) is 4.98 Å². The second-order valence-corrected chi connectivity index (χ2v) is 3.39. The van der Waals surface area contributed by atoms with Crippen LogP contribution in [0.15, 0.2) is 34.9 Å². The highest BCUT2D eigenvalue weighted by Gasteiger charge is 2.05. The largest absolute Gasteiger partial charge is 0.448 e. The number of aryl methyl sites for hydroxylation is 1. The fourth-order valence-electron chi connectivity index (χ4n) is 1.43. The summed E-state index contributed by atoms with van der Waals surface area (Å²) < 4.78 is 5.17. The molecular weight excluding hydrogens is 190 g/mol. The molecular formula is C12H11NO2. The third-order valence-corrected chi connectivity index (χ3v) is 2.29. The molecule has 76 valence electrons. The van der Waals surface area contributed by atoms with Crippen molar-refractivity contribution in [3.05, 3.63) is 53.2 Å². The molecule has 0 aliphatic heterocycles. The number of nitrogens with zero attached hydrogens (tertiary/aromatic N) is 1. The number of aldehydes is 1. The molecule has 0 saturated carbocycles. The minimum Gasteiger partial charge on any atom is -0.448 e. The quantitative estimate of drug-likeness (QED) is 0.716. The Morgan fingerprint density at radius 3 is 2.87 bits per heavy atom. The molecule has 2 rings (SSSR count). The third-order valence-electron chi connectivity index (χ3n) is 2.29. The lowest BCUT2D eigenvalue weighted by Crippen LogP contribution is -1.92. The molecule has 0 N–H and O–H groups in total. The van der Waals surface area contributed by atoms with Crippen LogP contribution in [0.2, 0.25) is 0 Å². The molecule has 0 aliphatic carbocycles. The molecule has 1 aromatic heterocycles. The lowest BCUT2D eigenvalue weighted by Gasteiger charge is -2.01. The molecule has 1 aromatic carbocycles. The van der Waals surface area contributed by atoms with Crippen LogP contribution in [0, 0.1) is 6.92 Å². The van der Waals surface area contributed by atoms with Gasteiger partial charge in [0.15, 0.2) is 12.2 Å². The number of hydrogen-bond acceptors (Lipinski definition) is 3. The van der Waals surface area contributed by atoms with Crippen LogP contribution < -0.4 is 0 Å². The van der Waals surface area contributed by atoms with Gasteiger partial charge in [0.05, 0.1) is 0 Å². The molecule has 0 saturated heterocycles. The van der Waals surface area contributed by atoms with Crippen LogP contribution in [0.4, 0.5) is 0 Å². The smallest absolute Gasteiger partial charge is 0.199 e. The molecule has 3 nitrogen and oxygen atoms in total. The van der Waals surface area contributed by atoms with Gasteiger partial charge in [-0.3, -0.25) is 4.79 Å². The molecule has 0 radical (unpaired) electrons. The van der Waals surface area contributed by atoms with Gasteiger partial charge < -0.3 is 4.42 Å². The maximum absolute atomic E-state index is 10.4. The zero-order valence-electron chi connectivity index (χ0n) is 8.43. The van der Waals surface area contributed by atoms with Gasteiger partial charge >= 0.3 is 0 Å². The van der Waals surface area contributed by atoms with Crippen LogP contribution in [0.1, 0.15) is 27.5 Å². The molecule has 0 bridgehead atoms. The molecule has 0 atom stereocenters. The van der Waals surface area contributed by atoms with Crippen molar-refractivity contribution in [2.45, 2.75) is 13.3 Å². The maximum atomic E-state index is 10.4. The van der Waals surface area contributed by atoms with Gasteiger partial charge in [0.2, 0.25) is 0 Å². The number of oxazole rings is 1.